The normalized spacial score (nSPS) is 12.2. The molecule has 0 aliphatic carbocycles. The molecule has 0 fully saturated rings. The van der Waals surface area contributed by atoms with Crippen LogP contribution in [0.15, 0.2) is 41.1 Å². The van der Waals surface area contributed by atoms with Crippen LogP contribution in [0, 0.1) is 11.8 Å². The molecule has 1 aromatic carbocycles. The molecule has 1 aromatic heterocycles. The SMILES string of the molecule is C[C@H](c1ccon1)N(C)C(=O)c1ccc(C#CC(C)(C)O)cc1. The van der Waals surface area contributed by atoms with Gasteiger partial charge in [0.2, 0.25) is 0 Å². The summed E-state index contributed by atoms with van der Waals surface area (Å²) in [4.78, 5) is 14.1. The van der Waals surface area contributed by atoms with E-state index >= 15 is 0 Å². The van der Waals surface area contributed by atoms with Crippen molar-refractivity contribution < 1.29 is 14.4 Å². The van der Waals surface area contributed by atoms with Crippen molar-refractivity contribution in [2.45, 2.75) is 32.4 Å². The molecule has 5 nitrogen and oxygen atoms in total. The van der Waals surface area contributed by atoms with Crippen LogP contribution in [0.3, 0.4) is 0 Å². The fraction of sp³-hybridized carbons (Fsp3) is 0.333. The van der Waals surface area contributed by atoms with Crippen molar-refractivity contribution in [3.8, 4) is 11.8 Å². The van der Waals surface area contributed by atoms with Crippen molar-refractivity contribution >= 4 is 5.91 Å². The lowest BCUT2D eigenvalue weighted by Crippen LogP contribution is -2.29. The molecule has 23 heavy (non-hydrogen) atoms. The summed E-state index contributed by atoms with van der Waals surface area (Å²) < 4.78 is 4.82. The van der Waals surface area contributed by atoms with Gasteiger partial charge in [-0.05, 0) is 45.0 Å². The minimum absolute atomic E-state index is 0.109. The molecule has 2 rings (SSSR count). The van der Waals surface area contributed by atoms with Gasteiger partial charge in [-0.2, -0.15) is 0 Å². The molecule has 1 atom stereocenters. The lowest BCUT2D eigenvalue weighted by atomic mass is 10.1. The minimum Gasteiger partial charge on any atom is -0.378 e. The third kappa shape index (κ3) is 4.44. The Morgan fingerprint density at radius 3 is 2.48 bits per heavy atom. The molecule has 0 aliphatic rings. The number of rotatable bonds is 3. The van der Waals surface area contributed by atoms with Crippen molar-refractivity contribution in [3.05, 3.63) is 53.4 Å². The van der Waals surface area contributed by atoms with E-state index in [1.165, 1.54) is 6.26 Å². The molecule has 1 amide bonds. The number of hydrogen-bond donors (Lipinski definition) is 1. The summed E-state index contributed by atoms with van der Waals surface area (Å²) in [5, 5.41) is 13.5. The first-order valence-electron chi connectivity index (χ1n) is 7.31. The summed E-state index contributed by atoms with van der Waals surface area (Å²) in [7, 11) is 1.73. The predicted molar refractivity (Wildman–Crippen MR) is 86.6 cm³/mol. The summed E-state index contributed by atoms with van der Waals surface area (Å²) in [6, 6.07) is 8.53. The fourth-order valence-corrected chi connectivity index (χ4v) is 1.94. The Bertz CT molecular complexity index is 716. The first-order chi connectivity index (χ1) is 10.8. The average molecular weight is 312 g/mol. The van der Waals surface area contributed by atoms with Crippen LogP contribution in [-0.2, 0) is 0 Å². The maximum Gasteiger partial charge on any atom is 0.254 e. The van der Waals surface area contributed by atoms with E-state index in [1.54, 1.807) is 56.1 Å². The van der Waals surface area contributed by atoms with Crippen molar-refractivity contribution in [2.75, 3.05) is 7.05 Å². The molecule has 0 saturated carbocycles. The summed E-state index contributed by atoms with van der Waals surface area (Å²) in [6.07, 6.45) is 1.49. The average Bonchev–Trinajstić information content (AvgIpc) is 3.05. The van der Waals surface area contributed by atoms with Crippen molar-refractivity contribution in [1.29, 1.82) is 0 Å². The highest BCUT2D eigenvalue weighted by Crippen LogP contribution is 2.19. The zero-order chi connectivity index (χ0) is 17.0. The molecule has 0 bridgehead atoms. The fourth-order valence-electron chi connectivity index (χ4n) is 1.94. The zero-order valence-electron chi connectivity index (χ0n) is 13.7. The Balaban J connectivity index is 2.12. The van der Waals surface area contributed by atoms with Gasteiger partial charge in [-0.3, -0.25) is 4.79 Å². The minimum atomic E-state index is -1.04. The van der Waals surface area contributed by atoms with E-state index in [-0.39, 0.29) is 11.9 Å². The van der Waals surface area contributed by atoms with Crippen LogP contribution >= 0.6 is 0 Å². The largest absolute Gasteiger partial charge is 0.378 e. The molecule has 5 heteroatoms. The quantitative estimate of drug-likeness (QED) is 0.885. The lowest BCUT2D eigenvalue weighted by Gasteiger charge is -2.23. The number of carbonyl (C=O) groups is 1. The van der Waals surface area contributed by atoms with Crippen molar-refractivity contribution in [1.82, 2.24) is 10.1 Å². The number of amides is 1. The van der Waals surface area contributed by atoms with Crippen LogP contribution < -0.4 is 0 Å². The monoisotopic (exact) mass is 312 g/mol. The van der Waals surface area contributed by atoms with E-state index in [0.29, 0.717) is 11.3 Å². The predicted octanol–water partition coefficient (Wildman–Crippen LogP) is 2.63. The Morgan fingerprint density at radius 2 is 1.96 bits per heavy atom. The molecule has 0 radical (unpaired) electrons. The third-order valence-electron chi connectivity index (χ3n) is 3.43. The third-order valence-corrected chi connectivity index (χ3v) is 3.43. The van der Waals surface area contributed by atoms with Crippen LogP contribution in [0.5, 0.6) is 0 Å². The summed E-state index contributed by atoms with van der Waals surface area (Å²) >= 11 is 0. The second kappa shape index (κ2) is 6.67. The first-order valence-corrected chi connectivity index (χ1v) is 7.31. The molecular formula is C18H20N2O3. The van der Waals surface area contributed by atoms with Crippen LogP contribution in [0.2, 0.25) is 0 Å². The van der Waals surface area contributed by atoms with E-state index in [1.807, 2.05) is 6.92 Å². The highest BCUT2D eigenvalue weighted by atomic mass is 16.5. The molecular weight excluding hydrogens is 292 g/mol. The van der Waals surface area contributed by atoms with E-state index in [9.17, 15) is 9.90 Å². The van der Waals surface area contributed by atoms with Gasteiger partial charge in [0.15, 0.2) is 0 Å². The number of hydrogen-bond acceptors (Lipinski definition) is 4. The van der Waals surface area contributed by atoms with Crippen LogP contribution in [0.25, 0.3) is 0 Å². The van der Waals surface area contributed by atoms with Crippen molar-refractivity contribution in [2.24, 2.45) is 0 Å². The van der Waals surface area contributed by atoms with Gasteiger partial charge in [-0.15, -0.1) is 0 Å². The standard InChI is InChI=1S/C18H20N2O3/c1-13(16-10-12-23-19-16)20(4)17(21)15-7-5-14(6-8-15)9-11-18(2,3)22/h5-8,10,12-13,22H,1-4H3/t13-/m1/s1. The Labute approximate surface area is 135 Å². The van der Waals surface area contributed by atoms with E-state index in [4.69, 9.17) is 4.52 Å². The maximum absolute atomic E-state index is 12.5. The van der Waals surface area contributed by atoms with Gasteiger partial charge >= 0.3 is 0 Å². The van der Waals surface area contributed by atoms with Crippen LogP contribution in [0.1, 0.15) is 48.4 Å². The summed E-state index contributed by atoms with van der Waals surface area (Å²) in [5.74, 6) is 5.51. The topological polar surface area (TPSA) is 66.6 Å². The Kier molecular flexibility index (Phi) is 4.87. The highest BCUT2D eigenvalue weighted by molar-refractivity contribution is 5.94. The Hall–Kier alpha value is -2.58. The second-order valence-corrected chi connectivity index (χ2v) is 5.90. The van der Waals surface area contributed by atoms with Crippen LogP contribution in [0.4, 0.5) is 0 Å². The number of aromatic nitrogens is 1. The summed E-state index contributed by atoms with van der Waals surface area (Å²) in [6.45, 7) is 5.13. The number of nitrogens with zero attached hydrogens (tertiary/aromatic N) is 2. The molecule has 0 aliphatic heterocycles. The highest BCUT2D eigenvalue weighted by Gasteiger charge is 2.20. The molecule has 120 valence electrons. The van der Waals surface area contributed by atoms with E-state index in [2.05, 4.69) is 17.0 Å². The first kappa shape index (κ1) is 16.8. The van der Waals surface area contributed by atoms with Gasteiger partial charge in [0.05, 0.1) is 6.04 Å². The van der Waals surface area contributed by atoms with Gasteiger partial charge in [0, 0.05) is 24.2 Å². The maximum atomic E-state index is 12.5. The second-order valence-electron chi connectivity index (χ2n) is 5.90. The van der Waals surface area contributed by atoms with Crippen molar-refractivity contribution in [3.63, 3.8) is 0 Å². The van der Waals surface area contributed by atoms with Gasteiger partial charge in [-0.1, -0.05) is 17.0 Å². The number of benzene rings is 1. The molecule has 2 aromatic rings. The van der Waals surface area contributed by atoms with Gasteiger partial charge in [-0.25, -0.2) is 0 Å². The molecule has 1 heterocycles. The van der Waals surface area contributed by atoms with Crippen LogP contribution in [-0.4, -0.2) is 33.7 Å². The van der Waals surface area contributed by atoms with Gasteiger partial charge < -0.3 is 14.5 Å². The number of aliphatic hydroxyl groups is 1. The number of carbonyl (C=O) groups excluding carboxylic acids is 1. The Morgan fingerprint density at radius 1 is 1.30 bits per heavy atom. The van der Waals surface area contributed by atoms with E-state index in [0.717, 1.165) is 5.56 Å². The summed E-state index contributed by atoms with van der Waals surface area (Å²) in [5.41, 5.74) is 0.975. The smallest absolute Gasteiger partial charge is 0.254 e. The molecule has 0 saturated heterocycles. The molecule has 1 N–H and O–H groups in total. The molecule has 0 spiro atoms. The van der Waals surface area contributed by atoms with Gasteiger partial charge in [0.25, 0.3) is 5.91 Å². The zero-order valence-corrected chi connectivity index (χ0v) is 13.7. The lowest BCUT2D eigenvalue weighted by molar-refractivity contribution is 0.0737. The van der Waals surface area contributed by atoms with Gasteiger partial charge in [0.1, 0.15) is 17.6 Å². The van der Waals surface area contributed by atoms with E-state index < -0.39 is 5.60 Å². The molecule has 0 unspecified atom stereocenters.